The summed E-state index contributed by atoms with van der Waals surface area (Å²) in [5.74, 6) is -1.41. The van der Waals surface area contributed by atoms with Gasteiger partial charge in [-0.25, -0.2) is 8.78 Å². The van der Waals surface area contributed by atoms with Crippen LogP contribution in [0.2, 0.25) is 0 Å². The third kappa shape index (κ3) is 6.52. The van der Waals surface area contributed by atoms with Crippen LogP contribution in [0.4, 0.5) is 14.5 Å². The van der Waals surface area contributed by atoms with E-state index >= 15 is 0 Å². The van der Waals surface area contributed by atoms with Crippen molar-refractivity contribution < 1.29 is 13.6 Å². The van der Waals surface area contributed by atoms with Gasteiger partial charge < -0.3 is 21.5 Å². The van der Waals surface area contributed by atoms with Crippen molar-refractivity contribution in [3.63, 3.8) is 0 Å². The maximum atomic E-state index is 14.8. The average Bonchev–Trinajstić information content (AvgIpc) is 2.77. The van der Waals surface area contributed by atoms with Crippen molar-refractivity contribution >= 4 is 23.5 Å². The van der Waals surface area contributed by atoms with E-state index in [1.54, 1.807) is 18.2 Å². The van der Waals surface area contributed by atoms with Gasteiger partial charge in [0, 0.05) is 17.9 Å². The Morgan fingerprint density at radius 2 is 1.71 bits per heavy atom. The van der Waals surface area contributed by atoms with E-state index in [-0.39, 0.29) is 17.8 Å². The highest BCUT2D eigenvalue weighted by Crippen LogP contribution is 2.25. The topological polar surface area (TPSA) is 93.2 Å². The third-order valence-electron chi connectivity index (χ3n) is 4.61. The summed E-state index contributed by atoms with van der Waals surface area (Å²) in [6.45, 7) is 0.202. The van der Waals surface area contributed by atoms with Crippen LogP contribution >= 0.6 is 11.9 Å². The van der Waals surface area contributed by atoms with Gasteiger partial charge in [-0.05, 0) is 40.8 Å². The van der Waals surface area contributed by atoms with E-state index < -0.39 is 30.1 Å². The van der Waals surface area contributed by atoms with E-state index in [9.17, 15) is 13.6 Å². The van der Waals surface area contributed by atoms with Crippen molar-refractivity contribution in [2.24, 2.45) is 11.5 Å². The molecule has 0 heterocycles. The van der Waals surface area contributed by atoms with Crippen molar-refractivity contribution in [3.8, 4) is 0 Å². The highest BCUT2D eigenvalue weighted by atomic mass is 32.2. The maximum absolute atomic E-state index is 14.8. The lowest BCUT2D eigenvalue weighted by Crippen LogP contribution is -2.26. The van der Waals surface area contributed by atoms with Gasteiger partial charge in [0.25, 0.3) is 0 Å². The predicted molar refractivity (Wildman–Crippen MR) is 121 cm³/mol. The summed E-state index contributed by atoms with van der Waals surface area (Å²) in [5.41, 5.74) is 13.8. The lowest BCUT2D eigenvalue weighted by Gasteiger charge is -2.12. The Morgan fingerprint density at radius 3 is 2.45 bits per heavy atom. The van der Waals surface area contributed by atoms with Gasteiger partial charge >= 0.3 is 0 Å². The molecule has 3 rings (SSSR count). The summed E-state index contributed by atoms with van der Waals surface area (Å²) in [4.78, 5) is 12.3. The molecule has 0 saturated carbocycles. The minimum absolute atomic E-state index is 0.134. The van der Waals surface area contributed by atoms with Crippen molar-refractivity contribution in [1.82, 2.24) is 5.32 Å². The van der Waals surface area contributed by atoms with E-state index in [2.05, 4.69) is 10.0 Å². The van der Waals surface area contributed by atoms with Crippen LogP contribution in [-0.2, 0) is 23.5 Å². The number of nitrogens with two attached hydrogens (primary N) is 2. The van der Waals surface area contributed by atoms with Gasteiger partial charge in [-0.15, -0.1) is 0 Å². The molecule has 162 valence electrons. The SMILES string of the molecule is NC(N)c1cccc(CNC(=O)Cc2c(F)ccc(NSCc3ccccc3)c2F)c1. The second-order valence-corrected chi connectivity index (χ2v) is 7.77. The molecule has 0 unspecified atom stereocenters. The molecule has 0 saturated heterocycles. The van der Waals surface area contributed by atoms with E-state index in [1.807, 2.05) is 36.4 Å². The second kappa shape index (κ2) is 10.9. The fraction of sp³-hybridized carbons (Fsp3) is 0.174. The minimum Gasteiger partial charge on any atom is -0.352 e. The second-order valence-electron chi connectivity index (χ2n) is 6.99. The van der Waals surface area contributed by atoms with Gasteiger partial charge in [-0.2, -0.15) is 0 Å². The molecule has 0 aliphatic heterocycles. The largest absolute Gasteiger partial charge is 0.352 e. The number of hydrogen-bond donors (Lipinski definition) is 4. The molecule has 5 nitrogen and oxygen atoms in total. The quantitative estimate of drug-likeness (QED) is 0.297. The molecule has 1 amide bonds. The minimum atomic E-state index is -0.771. The number of anilines is 1. The first-order valence-corrected chi connectivity index (χ1v) is 10.7. The average molecular weight is 443 g/mol. The first-order valence-electron chi connectivity index (χ1n) is 9.69. The van der Waals surface area contributed by atoms with Crippen LogP contribution in [0.15, 0.2) is 66.7 Å². The highest BCUT2D eigenvalue weighted by molar-refractivity contribution is 7.99. The predicted octanol–water partition coefficient (Wildman–Crippen LogP) is 4.00. The molecule has 0 fully saturated rings. The molecule has 0 aliphatic carbocycles. The first kappa shape index (κ1) is 22.7. The fourth-order valence-electron chi connectivity index (χ4n) is 2.94. The Morgan fingerprint density at radius 1 is 0.968 bits per heavy atom. The monoisotopic (exact) mass is 442 g/mol. The normalized spacial score (nSPS) is 10.9. The van der Waals surface area contributed by atoms with E-state index in [1.165, 1.54) is 18.0 Å². The number of hydrogen-bond acceptors (Lipinski definition) is 5. The molecule has 6 N–H and O–H groups in total. The number of amides is 1. The van der Waals surface area contributed by atoms with Crippen LogP contribution in [-0.4, -0.2) is 5.91 Å². The smallest absolute Gasteiger partial charge is 0.224 e. The summed E-state index contributed by atoms with van der Waals surface area (Å²) in [6, 6.07) is 19.3. The zero-order valence-electron chi connectivity index (χ0n) is 16.8. The fourth-order valence-corrected chi connectivity index (χ4v) is 3.69. The van der Waals surface area contributed by atoms with Crippen molar-refractivity contribution in [2.75, 3.05) is 4.72 Å². The molecule has 31 heavy (non-hydrogen) atoms. The van der Waals surface area contributed by atoms with Gasteiger partial charge in [0.05, 0.1) is 18.3 Å². The van der Waals surface area contributed by atoms with Crippen LogP contribution in [0.25, 0.3) is 0 Å². The summed E-state index contributed by atoms with van der Waals surface area (Å²) in [7, 11) is 0. The van der Waals surface area contributed by atoms with Gasteiger partial charge in [0.2, 0.25) is 5.91 Å². The molecule has 0 radical (unpaired) electrons. The van der Waals surface area contributed by atoms with E-state index in [4.69, 9.17) is 11.5 Å². The first-order chi connectivity index (χ1) is 14.9. The molecule has 0 bridgehead atoms. The lowest BCUT2D eigenvalue weighted by atomic mass is 10.1. The lowest BCUT2D eigenvalue weighted by molar-refractivity contribution is -0.120. The highest BCUT2D eigenvalue weighted by Gasteiger charge is 2.17. The Bertz CT molecular complexity index is 1030. The Balaban J connectivity index is 1.59. The molecule has 0 spiro atoms. The number of carbonyl (C=O) groups is 1. The number of rotatable bonds is 9. The summed E-state index contributed by atoms with van der Waals surface area (Å²) < 4.78 is 31.9. The molecule has 3 aromatic rings. The Labute approximate surface area is 184 Å². The third-order valence-corrected chi connectivity index (χ3v) is 5.45. The molecule has 0 atom stereocenters. The summed E-state index contributed by atoms with van der Waals surface area (Å²) in [6.07, 6.45) is -1.03. The van der Waals surface area contributed by atoms with Crippen LogP contribution < -0.4 is 21.5 Å². The summed E-state index contributed by atoms with van der Waals surface area (Å²) >= 11 is 1.28. The van der Waals surface area contributed by atoms with Crippen molar-refractivity contribution in [2.45, 2.75) is 24.9 Å². The standard InChI is InChI=1S/C23H24F2N4OS/c24-19-9-10-20(29-31-14-15-5-2-1-3-6-15)22(25)18(19)12-21(30)28-13-16-7-4-8-17(11-16)23(26)27/h1-11,23,29H,12-14,26-27H2,(H,28,30). The summed E-state index contributed by atoms with van der Waals surface area (Å²) in [5, 5.41) is 2.67. The Kier molecular flexibility index (Phi) is 8.00. The number of halogens is 2. The van der Waals surface area contributed by atoms with Crippen LogP contribution in [0.3, 0.4) is 0 Å². The Hall–Kier alpha value is -2.94. The van der Waals surface area contributed by atoms with Gasteiger partial charge in [-0.1, -0.05) is 54.6 Å². The molecule has 8 heteroatoms. The maximum Gasteiger partial charge on any atom is 0.224 e. The van der Waals surface area contributed by atoms with Gasteiger partial charge in [0.1, 0.15) is 5.82 Å². The van der Waals surface area contributed by atoms with Crippen LogP contribution in [0.1, 0.15) is 28.4 Å². The number of benzene rings is 3. The molecular weight excluding hydrogens is 418 g/mol. The van der Waals surface area contributed by atoms with E-state index in [0.717, 1.165) is 22.8 Å². The van der Waals surface area contributed by atoms with Crippen LogP contribution in [0, 0.1) is 11.6 Å². The zero-order chi connectivity index (χ0) is 22.2. The molecule has 0 aromatic heterocycles. The van der Waals surface area contributed by atoms with Gasteiger partial charge in [-0.3, -0.25) is 4.79 Å². The van der Waals surface area contributed by atoms with Crippen molar-refractivity contribution in [3.05, 3.63) is 101 Å². The van der Waals surface area contributed by atoms with Crippen LogP contribution in [0.5, 0.6) is 0 Å². The van der Waals surface area contributed by atoms with E-state index in [0.29, 0.717) is 5.75 Å². The number of nitrogens with one attached hydrogen (secondary N) is 2. The van der Waals surface area contributed by atoms with Gasteiger partial charge in [0.15, 0.2) is 5.82 Å². The molecular formula is C23H24F2N4OS. The molecule has 3 aromatic carbocycles. The molecule has 0 aliphatic rings. The number of carbonyl (C=O) groups excluding carboxylic acids is 1. The zero-order valence-corrected chi connectivity index (χ0v) is 17.6. The van der Waals surface area contributed by atoms with Crippen molar-refractivity contribution in [1.29, 1.82) is 0 Å².